The maximum atomic E-state index is 14.3. The average Bonchev–Trinajstić information content (AvgIpc) is 3.33. The summed E-state index contributed by atoms with van der Waals surface area (Å²) in [5, 5.41) is 0.876. The van der Waals surface area contributed by atoms with Crippen LogP contribution in [0.4, 0.5) is 5.69 Å². The fraction of sp³-hybridized carbons (Fsp3) is 0.267. The molecular formula is C30H30N2O6S. The summed E-state index contributed by atoms with van der Waals surface area (Å²) in [6.45, 7) is 4.16. The van der Waals surface area contributed by atoms with Crippen LogP contribution in [0.1, 0.15) is 53.8 Å². The summed E-state index contributed by atoms with van der Waals surface area (Å²) in [7, 11) is -2.84. The first-order valence-corrected chi connectivity index (χ1v) is 14.3. The van der Waals surface area contributed by atoms with Gasteiger partial charge in [0.15, 0.2) is 0 Å². The second-order valence-electron chi connectivity index (χ2n) is 9.57. The van der Waals surface area contributed by atoms with Crippen molar-refractivity contribution in [2.45, 2.75) is 44.0 Å². The Morgan fingerprint density at radius 1 is 0.949 bits per heavy atom. The second kappa shape index (κ2) is 10.6. The van der Waals surface area contributed by atoms with Crippen LogP contribution in [0.3, 0.4) is 0 Å². The molecule has 0 spiro atoms. The van der Waals surface area contributed by atoms with Crippen LogP contribution in [0.15, 0.2) is 77.7 Å². The number of benzene rings is 3. The molecule has 0 amide bonds. The Morgan fingerprint density at radius 2 is 1.69 bits per heavy atom. The first kappa shape index (κ1) is 26.5. The van der Waals surface area contributed by atoms with E-state index < -0.39 is 28.0 Å². The first-order valence-electron chi connectivity index (χ1n) is 12.9. The molecule has 3 aromatic carbocycles. The summed E-state index contributed by atoms with van der Waals surface area (Å²) in [6, 6.07) is 20.0. The van der Waals surface area contributed by atoms with Crippen molar-refractivity contribution in [2.24, 2.45) is 0 Å². The number of fused-ring (bicyclic) bond motifs is 5. The molecule has 8 nitrogen and oxygen atoms in total. The average molecular weight is 547 g/mol. The van der Waals surface area contributed by atoms with Gasteiger partial charge in [-0.05, 0) is 55.8 Å². The number of aromatic nitrogens is 1. The van der Waals surface area contributed by atoms with Gasteiger partial charge in [-0.1, -0.05) is 49.2 Å². The number of esters is 2. The van der Waals surface area contributed by atoms with E-state index >= 15 is 0 Å². The summed E-state index contributed by atoms with van der Waals surface area (Å²) >= 11 is 0. The standard InChI is InChI=1S/C30H30N2O6S/c1-4-5-16-38-29(33)19-28-27-17-21-8-6-7-9-24(21)31(27)26-18-22(30(34)37-3)12-15-25(26)32(28)39(35,36)23-13-10-20(2)11-14-23/h6-15,17-18,28H,4-5,16,19H2,1-3H3. The van der Waals surface area contributed by atoms with Crippen molar-refractivity contribution in [3.05, 3.63) is 89.6 Å². The van der Waals surface area contributed by atoms with E-state index in [0.29, 0.717) is 17.1 Å². The second-order valence-corrected chi connectivity index (χ2v) is 11.4. The van der Waals surface area contributed by atoms with Gasteiger partial charge in [-0.2, -0.15) is 0 Å². The van der Waals surface area contributed by atoms with E-state index in [0.717, 1.165) is 29.3 Å². The molecule has 2 heterocycles. The zero-order valence-electron chi connectivity index (χ0n) is 22.1. The maximum Gasteiger partial charge on any atom is 0.337 e. The highest BCUT2D eigenvalue weighted by Crippen LogP contribution is 2.46. The molecule has 1 aliphatic heterocycles. The number of sulfonamides is 1. The number of hydrogen-bond donors (Lipinski definition) is 0. The van der Waals surface area contributed by atoms with Crippen LogP contribution >= 0.6 is 0 Å². The molecule has 1 aromatic heterocycles. The first-order chi connectivity index (χ1) is 18.8. The lowest BCUT2D eigenvalue weighted by atomic mass is 10.0. The molecule has 0 radical (unpaired) electrons. The van der Waals surface area contributed by atoms with Crippen molar-refractivity contribution in [1.29, 1.82) is 0 Å². The van der Waals surface area contributed by atoms with Crippen LogP contribution in [0.5, 0.6) is 0 Å². The molecule has 0 saturated heterocycles. The highest BCUT2D eigenvalue weighted by atomic mass is 32.2. The lowest BCUT2D eigenvalue weighted by Gasteiger charge is -2.38. The number of carbonyl (C=O) groups excluding carboxylic acids is 2. The number of anilines is 1. The number of rotatable bonds is 8. The molecule has 202 valence electrons. The van der Waals surface area contributed by atoms with Gasteiger partial charge >= 0.3 is 11.9 Å². The van der Waals surface area contributed by atoms with Gasteiger partial charge < -0.3 is 14.0 Å². The van der Waals surface area contributed by atoms with Crippen molar-refractivity contribution < 1.29 is 27.5 Å². The molecule has 0 fully saturated rings. The van der Waals surface area contributed by atoms with Crippen molar-refractivity contribution >= 4 is 38.6 Å². The Bertz CT molecular complexity index is 1660. The number of carbonyl (C=O) groups is 2. The summed E-state index contributed by atoms with van der Waals surface area (Å²) in [5.41, 5.74) is 3.49. The Hall–Kier alpha value is -4.11. The summed E-state index contributed by atoms with van der Waals surface area (Å²) in [5.74, 6) is -1.02. The van der Waals surface area contributed by atoms with Crippen molar-refractivity contribution in [2.75, 3.05) is 18.0 Å². The van der Waals surface area contributed by atoms with Gasteiger partial charge in [-0.25, -0.2) is 13.2 Å². The van der Waals surface area contributed by atoms with Crippen LogP contribution in [0.2, 0.25) is 0 Å². The van der Waals surface area contributed by atoms with Crippen molar-refractivity contribution in [3.8, 4) is 5.69 Å². The molecular weight excluding hydrogens is 516 g/mol. The minimum absolute atomic E-state index is 0.102. The van der Waals surface area contributed by atoms with E-state index in [1.54, 1.807) is 36.4 Å². The van der Waals surface area contributed by atoms with Gasteiger partial charge in [0.1, 0.15) is 0 Å². The molecule has 0 aliphatic carbocycles. The van der Waals surface area contributed by atoms with E-state index in [2.05, 4.69) is 0 Å². The van der Waals surface area contributed by atoms with Gasteiger partial charge in [0.2, 0.25) is 0 Å². The summed E-state index contributed by atoms with van der Waals surface area (Å²) in [4.78, 5) is 25.6. The maximum absolute atomic E-state index is 14.3. The van der Waals surface area contributed by atoms with Gasteiger partial charge in [0, 0.05) is 11.1 Å². The number of aryl methyl sites for hydroxylation is 1. The molecule has 4 aromatic rings. The number of nitrogens with zero attached hydrogens (tertiary/aromatic N) is 2. The molecule has 0 saturated carbocycles. The Balaban J connectivity index is 1.75. The van der Waals surface area contributed by atoms with E-state index in [4.69, 9.17) is 9.47 Å². The molecule has 0 N–H and O–H groups in total. The predicted molar refractivity (Wildman–Crippen MR) is 149 cm³/mol. The largest absolute Gasteiger partial charge is 0.466 e. The normalized spacial score (nSPS) is 14.5. The van der Waals surface area contributed by atoms with Gasteiger partial charge in [-0.3, -0.25) is 9.10 Å². The monoisotopic (exact) mass is 546 g/mol. The summed E-state index contributed by atoms with van der Waals surface area (Å²) < 4.78 is 42.2. The van der Waals surface area contributed by atoms with Gasteiger partial charge in [-0.15, -0.1) is 0 Å². The third kappa shape index (κ3) is 4.78. The molecule has 9 heteroatoms. The minimum atomic E-state index is -4.13. The molecule has 0 bridgehead atoms. The van der Waals surface area contributed by atoms with Crippen LogP contribution in [-0.2, 0) is 24.3 Å². The number of hydrogen-bond acceptors (Lipinski definition) is 6. The zero-order chi connectivity index (χ0) is 27.7. The topological polar surface area (TPSA) is 94.9 Å². The number of methoxy groups -OCH3 is 1. The van der Waals surface area contributed by atoms with E-state index in [1.165, 1.54) is 17.5 Å². The molecule has 1 unspecified atom stereocenters. The third-order valence-electron chi connectivity index (χ3n) is 6.94. The third-order valence-corrected chi connectivity index (χ3v) is 8.77. The Morgan fingerprint density at radius 3 is 2.41 bits per heavy atom. The molecule has 39 heavy (non-hydrogen) atoms. The van der Waals surface area contributed by atoms with Gasteiger partial charge in [0.05, 0.1) is 53.5 Å². The summed E-state index contributed by atoms with van der Waals surface area (Å²) in [6.07, 6.45) is 1.42. The Labute approximate surface area is 227 Å². The molecule has 5 rings (SSSR count). The van der Waals surface area contributed by atoms with Crippen LogP contribution in [-0.4, -0.2) is 38.6 Å². The van der Waals surface area contributed by atoms with E-state index in [-0.39, 0.29) is 23.5 Å². The van der Waals surface area contributed by atoms with Crippen LogP contribution < -0.4 is 4.31 Å². The van der Waals surface area contributed by atoms with Gasteiger partial charge in [0.25, 0.3) is 10.0 Å². The highest BCUT2D eigenvalue weighted by molar-refractivity contribution is 7.92. The fourth-order valence-electron chi connectivity index (χ4n) is 4.97. The SMILES string of the molecule is CCCCOC(=O)CC1c2cc3ccccc3n2-c2cc(C(=O)OC)ccc2N1S(=O)(=O)c1ccc(C)cc1. The Kier molecular flexibility index (Phi) is 7.18. The van der Waals surface area contributed by atoms with Crippen molar-refractivity contribution in [3.63, 3.8) is 0 Å². The number of ether oxygens (including phenoxy) is 2. The molecule has 1 atom stereocenters. The predicted octanol–water partition coefficient (Wildman–Crippen LogP) is 5.71. The van der Waals surface area contributed by atoms with Crippen LogP contribution in [0.25, 0.3) is 16.6 Å². The lowest BCUT2D eigenvalue weighted by Crippen LogP contribution is -2.40. The smallest absolute Gasteiger partial charge is 0.337 e. The minimum Gasteiger partial charge on any atom is -0.466 e. The van der Waals surface area contributed by atoms with Crippen molar-refractivity contribution in [1.82, 2.24) is 4.57 Å². The highest BCUT2D eigenvalue weighted by Gasteiger charge is 2.41. The lowest BCUT2D eigenvalue weighted by molar-refractivity contribution is -0.144. The van der Waals surface area contributed by atoms with E-state index in [1.807, 2.05) is 48.7 Å². The quantitative estimate of drug-likeness (QED) is 0.208. The van der Waals surface area contributed by atoms with E-state index in [9.17, 15) is 18.0 Å². The number of unbranched alkanes of at least 4 members (excludes halogenated alkanes) is 1. The van der Waals surface area contributed by atoms with Crippen LogP contribution in [0, 0.1) is 6.92 Å². The fourth-order valence-corrected chi connectivity index (χ4v) is 6.61. The number of para-hydroxylation sites is 1. The molecule has 1 aliphatic rings. The zero-order valence-corrected chi connectivity index (χ0v) is 22.9.